The fourth-order valence-electron chi connectivity index (χ4n) is 1.14. The monoisotopic (exact) mass is 216 g/mol. The molecule has 0 aliphatic carbocycles. The minimum atomic E-state index is -0.164. The zero-order valence-electron chi connectivity index (χ0n) is 10.8. The summed E-state index contributed by atoms with van der Waals surface area (Å²) >= 11 is 0. The number of methoxy groups -OCH3 is 1. The molecule has 1 N–H and O–H groups in total. The van der Waals surface area contributed by atoms with Crippen molar-refractivity contribution in [3.8, 4) is 0 Å². The van der Waals surface area contributed by atoms with Crippen molar-refractivity contribution in [3.63, 3.8) is 0 Å². The Hall–Kier alpha value is -0.610. The molecule has 0 aromatic rings. The van der Waals surface area contributed by atoms with Crippen LogP contribution in [-0.2, 0) is 9.53 Å². The number of carbonyl (C=O) groups excluding carboxylic acids is 1. The van der Waals surface area contributed by atoms with Gasteiger partial charge in [0.1, 0.15) is 0 Å². The lowest BCUT2D eigenvalue weighted by Gasteiger charge is -2.28. The largest absolute Gasteiger partial charge is 0.383 e. The molecule has 4 heteroatoms. The lowest BCUT2D eigenvalue weighted by Crippen LogP contribution is -2.49. The second kappa shape index (κ2) is 6.08. The van der Waals surface area contributed by atoms with Crippen LogP contribution in [0.4, 0.5) is 0 Å². The first kappa shape index (κ1) is 14.4. The van der Waals surface area contributed by atoms with Crippen LogP contribution in [0.25, 0.3) is 0 Å². The van der Waals surface area contributed by atoms with Crippen molar-refractivity contribution < 1.29 is 9.53 Å². The van der Waals surface area contributed by atoms with Crippen LogP contribution in [0, 0.1) is 0 Å². The second-order valence-corrected chi connectivity index (χ2v) is 4.77. The SMILES string of the molecule is COCC(C)(C)NCC(=O)N(C)C(C)C. The van der Waals surface area contributed by atoms with Gasteiger partial charge in [0.05, 0.1) is 13.2 Å². The number of amides is 1. The molecule has 0 aromatic heterocycles. The molecular weight excluding hydrogens is 192 g/mol. The third-order valence-electron chi connectivity index (χ3n) is 2.39. The normalized spacial score (nSPS) is 11.9. The summed E-state index contributed by atoms with van der Waals surface area (Å²) in [6.07, 6.45) is 0. The Morgan fingerprint density at radius 3 is 2.40 bits per heavy atom. The van der Waals surface area contributed by atoms with Gasteiger partial charge in [-0.05, 0) is 27.7 Å². The molecule has 0 radical (unpaired) electrons. The van der Waals surface area contributed by atoms with Gasteiger partial charge in [-0.15, -0.1) is 0 Å². The summed E-state index contributed by atoms with van der Waals surface area (Å²) < 4.78 is 5.06. The van der Waals surface area contributed by atoms with Crippen LogP contribution < -0.4 is 5.32 Å². The highest BCUT2D eigenvalue weighted by molar-refractivity contribution is 5.78. The Labute approximate surface area is 93.0 Å². The van der Waals surface area contributed by atoms with Crippen LogP contribution in [-0.4, -0.2) is 49.7 Å². The molecule has 0 unspecified atom stereocenters. The van der Waals surface area contributed by atoms with E-state index in [9.17, 15) is 4.79 Å². The molecule has 0 rings (SSSR count). The van der Waals surface area contributed by atoms with E-state index in [4.69, 9.17) is 4.74 Å². The van der Waals surface area contributed by atoms with E-state index in [1.54, 1.807) is 12.0 Å². The number of ether oxygens (including phenoxy) is 1. The van der Waals surface area contributed by atoms with Gasteiger partial charge in [0.15, 0.2) is 0 Å². The molecule has 0 spiro atoms. The highest BCUT2D eigenvalue weighted by atomic mass is 16.5. The fraction of sp³-hybridized carbons (Fsp3) is 0.909. The summed E-state index contributed by atoms with van der Waals surface area (Å²) in [5.41, 5.74) is -0.164. The van der Waals surface area contributed by atoms with E-state index in [2.05, 4.69) is 5.32 Å². The number of carbonyl (C=O) groups is 1. The van der Waals surface area contributed by atoms with E-state index in [1.807, 2.05) is 34.7 Å². The van der Waals surface area contributed by atoms with Crippen LogP contribution in [0.1, 0.15) is 27.7 Å². The van der Waals surface area contributed by atoms with Crippen molar-refractivity contribution >= 4 is 5.91 Å². The molecule has 1 amide bonds. The number of nitrogens with one attached hydrogen (secondary N) is 1. The maximum atomic E-state index is 11.7. The Morgan fingerprint density at radius 1 is 1.47 bits per heavy atom. The Balaban J connectivity index is 4.00. The van der Waals surface area contributed by atoms with Crippen LogP contribution in [0.3, 0.4) is 0 Å². The molecule has 0 bridgehead atoms. The van der Waals surface area contributed by atoms with Gasteiger partial charge in [-0.3, -0.25) is 4.79 Å². The van der Waals surface area contributed by atoms with Gasteiger partial charge in [0.2, 0.25) is 5.91 Å². The summed E-state index contributed by atoms with van der Waals surface area (Å²) in [6.45, 7) is 8.96. The first-order chi connectivity index (χ1) is 6.80. The van der Waals surface area contributed by atoms with Crippen LogP contribution in [0.15, 0.2) is 0 Å². The molecule has 4 nitrogen and oxygen atoms in total. The number of hydrogen-bond acceptors (Lipinski definition) is 3. The molecule has 90 valence electrons. The molecule has 15 heavy (non-hydrogen) atoms. The van der Waals surface area contributed by atoms with Crippen LogP contribution in [0.2, 0.25) is 0 Å². The van der Waals surface area contributed by atoms with E-state index in [0.29, 0.717) is 13.2 Å². The summed E-state index contributed by atoms with van der Waals surface area (Å²) in [5, 5.41) is 3.18. The van der Waals surface area contributed by atoms with Gasteiger partial charge in [-0.2, -0.15) is 0 Å². The van der Waals surface area contributed by atoms with Crippen molar-refractivity contribution in [2.45, 2.75) is 39.3 Å². The minimum absolute atomic E-state index is 0.106. The topological polar surface area (TPSA) is 41.6 Å². The van der Waals surface area contributed by atoms with Crippen LogP contribution in [0.5, 0.6) is 0 Å². The summed E-state index contributed by atoms with van der Waals surface area (Å²) in [6, 6.07) is 0.241. The van der Waals surface area contributed by atoms with Gasteiger partial charge in [-0.25, -0.2) is 0 Å². The molecule has 0 heterocycles. The third-order valence-corrected chi connectivity index (χ3v) is 2.39. The predicted molar refractivity (Wildman–Crippen MR) is 61.9 cm³/mol. The predicted octanol–water partition coefficient (Wildman–Crippen LogP) is 0.868. The molecule has 0 aliphatic rings. The average molecular weight is 216 g/mol. The smallest absolute Gasteiger partial charge is 0.236 e. The highest BCUT2D eigenvalue weighted by Gasteiger charge is 2.19. The Morgan fingerprint density at radius 2 is 2.00 bits per heavy atom. The Bertz CT molecular complexity index is 203. The molecule has 0 atom stereocenters. The summed E-state index contributed by atoms with van der Waals surface area (Å²) in [7, 11) is 3.48. The zero-order valence-corrected chi connectivity index (χ0v) is 10.8. The number of hydrogen-bond donors (Lipinski definition) is 1. The minimum Gasteiger partial charge on any atom is -0.383 e. The van der Waals surface area contributed by atoms with E-state index in [1.165, 1.54) is 0 Å². The lowest BCUT2D eigenvalue weighted by atomic mass is 10.1. The fourth-order valence-corrected chi connectivity index (χ4v) is 1.14. The van der Waals surface area contributed by atoms with E-state index >= 15 is 0 Å². The zero-order chi connectivity index (χ0) is 12.1. The van der Waals surface area contributed by atoms with Gasteiger partial charge < -0.3 is 15.0 Å². The van der Waals surface area contributed by atoms with E-state index in [-0.39, 0.29) is 17.5 Å². The highest BCUT2D eigenvalue weighted by Crippen LogP contribution is 2.02. The molecule has 0 saturated carbocycles. The second-order valence-electron chi connectivity index (χ2n) is 4.77. The molecule has 0 aliphatic heterocycles. The molecular formula is C11H24N2O2. The average Bonchev–Trinajstić information content (AvgIpc) is 2.13. The Kier molecular flexibility index (Phi) is 5.83. The van der Waals surface area contributed by atoms with Crippen molar-refractivity contribution in [1.82, 2.24) is 10.2 Å². The van der Waals surface area contributed by atoms with Crippen molar-refractivity contribution in [1.29, 1.82) is 0 Å². The van der Waals surface area contributed by atoms with Crippen LogP contribution >= 0.6 is 0 Å². The third kappa shape index (κ3) is 5.74. The number of likely N-dealkylation sites (N-methyl/N-ethyl adjacent to an activating group) is 1. The first-order valence-corrected chi connectivity index (χ1v) is 5.30. The maximum Gasteiger partial charge on any atom is 0.236 e. The van der Waals surface area contributed by atoms with Crippen molar-refractivity contribution in [2.75, 3.05) is 27.3 Å². The molecule has 0 fully saturated rings. The van der Waals surface area contributed by atoms with Gasteiger partial charge in [-0.1, -0.05) is 0 Å². The molecule has 0 saturated heterocycles. The van der Waals surface area contributed by atoms with E-state index < -0.39 is 0 Å². The summed E-state index contributed by atoms with van der Waals surface area (Å²) in [4.78, 5) is 13.4. The van der Waals surface area contributed by atoms with Gasteiger partial charge >= 0.3 is 0 Å². The molecule has 0 aromatic carbocycles. The summed E-state index contributed by atoms with van der Waals surface area (Å²) in [5.74, 6) is 0.106. The van der Waals surface area contributed by atoms with Gasteiger partial charge in [0.25, 0.3) is 0 Å². The van der Waals surface area contributed by atoms with Gasteiger partial charge in [0, 0.05) is 25.7 Å². The maximum absolute atomic E-state index is 11.7. The standard InChI is InChI=1S/C11H24N2O2/c1-9(2)13(5)10(14)7-12-11(3,4)8-15-6/h9,12H,7-8H2,1-6H3. The van der Waals surface area contributed by atoms with Crippen molar-refractivity contribution in [3.05, 3.63) is 0 Å². The first-order valence-electron chi connectivity index (χ1n) is 5.30. The van der Waals surface area contributed by atoms with E-state index in [0.717, 1.165) is 0 Å². The number of rotatable bonds is 6. The van der Waals surface area contributed by atoms with Crippen molar-refractivity contribution in [2.24, 2.45) is 0 Å². The quantitative estimate of drug-likeness (QED) is 0.716. The number of nitrogens with zero attached hydrogens (tertiary/aromatic N) is 1. The lowest BCUT2D eigenvalue weighted by molar-refractivity contribution is -0.130.